The van der Waals surface area contributed by atoms with Gasteiger partial charge in [0.15, 0.2) is 0 Å². The normalized spacial score (nSPS) is 26.7. The molecule has 0 aromatic carbocycles. The molecular weight excluding hydrogens is 204 g/mol. The van der Waals surface area contributed by atoms with Gasteiger partial charge in [0, 0.05) is 12.8 Å². The van der Waals surface area contributed by atoms with Crippen LogP contribution >= 0.6 is 0 Å². The van der Waals surface area contributed by atoms with Gasteiger partial charge in [-0.2, -0.15) is 0 Å². The van der Waals surface area contributed by atoms with E-state index in [9.17, 15) is 0 Å². The van der Waals surface area contributed by atoms with Gasteiger partial charge in [-0.3, -0.25) is 4.98 Å². The molecule has 0 amide bonds. The molecule has 2 N–H and O–H groups in total. The van der Waals surface area contributed by atoms with Crippen molar-refractivity contribution >= 4 is 0 Å². The molecule has 16 heavy (non-hydrogen) atoms. The Kier molecular flexibility index (Phi) is 3.41. The monoisotopic (exact) mass is 222 g/mol. The molecule has 1 aromatic rings. The predicted octanol–water partition coefficient (Wildman–Crippen LogP) is 1.51. The third-order valence-corrected chi connectivity index (χ3v) is 3.15. The van der Waals surface area contributed by atoms with Crippen LogP contribution < -0.4 is 10.5 Å². The first-order valence-electron chi connectivity index (χ1n) is 5.58. The first-order chi connectivity index (χ1) is 7.72. The summed E-state index contributed by atoms with van der Waals surface area (Å²) in [4.78, 5) is 4.11. The Morgan fingerprint density at radius 3 is 3.00 bits per heavy atom. The van der Waals surface area contributed by atoms with Gasteiger partial charge in [0.25, 0.3) is 0 Å². The first-order valence-corrected chi connectivity index (χ1v) is 5.58. The zero-order valence-corrected chi connectivity index (χ0v) is 9.72. The summed E-state index contributed by atoms with van der Waals surface area (Å²) in [6, 6.07) is 1.80. The second-order valence-electron chi connectivity index (χ2n) is 4.29. The highest BCUT2D eigenvalue weighted by molar-refractivity contribution is 5.26. The van der Waals surface area contributed by atoms with E-state index in [0.29, 0.717) is 5.92 Å². The van der Waals surface area contributed by atoms with E-state index >= 15 is 0 Å². The van der Waals surface area contributed by atoms with Crippen LogP contribution in [0.2, 0.25) is 0 Å². The molecule has 1 fully saturated rings. The highest BCUT2D eigenvalue weighted by Crippen LogP contribution is 2.30. The van der Waals surface area contributed by atoms with E-state index in [1.807, 2.05) is 6.07 Å². The molecule has 4 heteroatoms. The SMILES string of the molecule is COc1cncc(C(N)C2OCCC2C)c1. The quantitative estimate of drug-likeness (QED) is 0.842. The number of hydrogen-bond donors (Lipinski definition) is 1. The molecule has 0 spiro atoms. The van der Waals surface area contributed by atoms with Crippen LogP contribution in [-0.2, 0) is 4.74 Å². The van der Waals surface area contributed by atoms with E-state index in [2.05, 4.69) is 11.9 Å². The zero-order valence-electron chi connectivity index (χ0n) is 9.72. The van der Waals surface area contributed by atoms with Crippen LogP contribution in [0.3, 0.4) is 0 Å². The van der Waals surface area contributed by atoms with Crippen LogP contribution in [-0.4, -0.2) is 24.8 Å². The number of methoxy groups -OCH3 is 1. The van der Waals surface area contributed by atoms with E-state index in [1.54, 1.807) is 19.5 Å². The minimum atomic E-state index is -0.125. The van der Waals surface area contributed by atoms with E-state index in [4.69, 9.17) is 15.2 Å². The topological polar surface area (TPSA) is 57.4 Å². The largest absolute Gasteiger partial charge is 0.495 e. The maximum Gasteiger partial charge on any atom is 0.137 e. The number of hydrogen-bond acceptors (Lipinski definition) is 4. The third-order valence-electron chi connectivity index (χ3n) is 3.15. The average Bonchev–Trinajstić information content (AvgIpc) is 2.74. The van der Waals surface area contributed by atoms with Gasteiger partial charge >= 0.3 is 0 Å². The van der Waals surface area contributed by atoms with E-state index in [0.717, 1.165) is 24.3 Å². The highest BCUT2D eigenvalue weighted by Gasteiger charge is 2.30. The van der Waals surface area contributed by atoms with E-state index in [1.165, 1.54) is 0 Å². The lowest BCUT2D eigenvalue weighted by atomic mass is 9.94. The molecule has 88 valence electrons. The number of rotatable bonds is 3. The summed E-state index contributed by atoms with van der Waals surface area (Å²) in [5, 5.41) is 0. The molecule has 0 saturated carbocycles. The van der Waals surface area contributed by atoms with Gasteiger partial charge in [-0.15, -0.1) is 0 Å². The Morgan fingerprint density at radius 1 is 1.56 bits per heavy atom. The maximum absolute atomic E-state index is 6.19. The predicted molar refractivity (Wildman–Crippen MR) is 61.2 cm³/mol. The van der Waals surface area contributed by atoms with Crippen molar-refractivity contribution in [3.05, 3.63) is 24.0 Å². The van der Waals surface area contributed by atoms with Gasteiger partial charge in [-0.1, -0.05) is 6.92 Å². The van der Waals surface area contributed by atoms with Crippen molar-refractivity contribution in [2.45, 2.75) is 25.5 Å². The lowest BCUT2D eigenvalue weighted by Crippen LogP contribution is -2.29. The average molecular weight is 222 g/mol. The van der Waals surface area contributed by atoms with Crippen molar-refractivity contribution in [3.8, 4) is 5.75 Å². The standard InChI is InChI=1S/C12H18N2O2/c1-8-3-4-16-12(8)11(13)9-5-10(15-2)7-14-6-9/h5-8,11-12H,3-4,13H2,1-2H3. The van der Waals surface area contributed by atoms with Gasteiger partial charge in [0.2, 0.25) is 0 Å². The Bertz CT molecular complexity index is 357. The van der Waals surface area contributed by atoms with Crippen LogP contribution in [0.1, 0.15) is 24.9 Å². The van der Waals surface area contributed by atoms with Crippen LogP contribution in [0.25, 0.3) is 0 Å². The lowest BCUT2D eigenvalue weighted by molar-refractivity contribution is 0.0723. The van der Waals surface area contributed by atoms with Crippen LogP contribution in [0.5, 0.6) is 5.75 Å². The summed E-state index contributed by atoms with van der Waals surface area (Å²) in [5.74, 6) is 1.24. The summed E-state index contributed by atoms with van der Waals surface area (Å²) in [5.41, 5.74) is 7.16. The molecule has 0 radical (unpaired) electrons. The van der Waals surface area contributed by atoms with Crippen molar-refractivity contribution in [1.82, 2.24) is 4.98 Å². The van der Waals surface area contributed by atoms with Gasteiger partial charge in [0.05, 0.1) is 25.5 Å². The molecule has 2 rings (SSSR count). The summed E-state index contributed by atoms with van der Waals surface area (Å²) < 4.78 is 10.8. The number of nitrogens with two attached hydrogens (primary N) is 1. The fraction of sp³-hybridized carbons (Fsp3) is 0.583. The minimum Gasteiger partial charge on any atom is -0.495 e. The van der Waals surface area contributed by atoms with Crippen LogP contribution in [0.15, 0.2) is 18.5 Å². The second kappa shape index (κ2) is 4.80. The molecule has 2 heterocycles. The van der Waals surface area contributed by atoms with Gasteiger partial charge in [-0.25, -0.2) is 0 Å². The molecule has 1 aliphatic rings. The smallest absolute Gasteiger partial charge is 0.137 e. The number of pyridine rings is 1. The zero-order chi connectivity index (χ0) is 11.5. The molecule has 1 saturated heterocycles. The number of ether oxygens (including phenoxy) is 2. The molecule has 1 aliphatic heterocycles. The van der Waals surface area contributed by atoms with Crippen LogP contribution in [0, 0.1) is 5.92 Å². The van der Waals surface area contributed by atoms with Gasteiger partial charge < -0.3 is 15.2 Å². The molecule has 3 unspecified atom stereocenters. The van der Waals surface area contributed by atoms with Crippen molar-refractivity contribution in [1.29, 1.82) is 0 Å². The van der Waals surface area contributed by atoms with Gasteiger partial charge in [-0.05, 0) is 24.0 Å². The highest BCUT2D eigenvalue weighted by atomic mass is 16.5. The molecule has 4 nitrogen and oxygen atoms in total. The minimum absolute atomic E-state index is 0.0916. The number of nitrogens with zero attached hydrogens (tertiary/aromatic N) is 1. The van der Waals surface area contributed by atoms with E-state index < -0.39 is 0 Å². The summed E-state index contributed by atoms with van der Waals surface area (Å²) >= 11 is 0. The van der Waals surface area contributed by atoms with E-state index in [-0.39, 0.29) is 12.1 Å². The fourth-order valence-electron chi connectivity index (χ4n) is 2.10. The van der Waals surface area contributed by atoms with Crippen molar-refractivity contribution in [3.63, 3.8) is 0 Å². The van der Waals surface area contributed by atoms with Gasteiger partial charge in [0.1, 0.15) is 5.75 Å². The summed E-state index contributed by atoms with van der Waals surface area (Å²) in [6.07, 6.45) is 4.63. The summed E-state index contributed by atoms with van der Waals surface area (Å²) in [7, 11) is 1.63. The molecule has 3 atom stereocenters. The Morgan fingerprint density at radius 2 is 2.38 bits per heavy atom. The second-order valence-corrected chi connectivity index (χ2v) is 4.29. The Hall–Kier alpha value is -1.13. The van der Waals surface area contributed by atoms with Crippen molar-refractivity contribution < 1.29 is 9.47 Å². The summed E-state index contributed by atoms with van der Waals surface area (Å²) in [6.45, 7) is 2.97. The fourth-order valence-corrected chi connectivity index (χ4v) is 2.10. The lowest BCUT2D eigenvalue weighted by Gasteiger charge is -2.22. The molecule has 1 aromatic heterocycles. The number of aromatic nitrogens is 1. The first kappa shape index (κ1) is 11.4. The Labute approximate surface area is 95.8 Å². The van der Waals surface area contributed by atoms with Crippen molar-refractivity contribution in [2.24, 2.45) is 11.7 Å². The maximum atomic E-state index is 6.19. The van der Waals surface area contributed by atoms with Crippen molar-refractivity contribution in [2.75, 3.05) is 13.7 Å². The third kappa shape index (κ3) is 2.18. The van der Waals surface area contributed by atoms with Crippen LogP contribution in [0.4, 0.5) is 0 Å². The molecule has 0 bridgehead atoms. The molecule has 0 aliphatic carbocycles. The Balaban J connectivity index is 2.16. The molecular formula is C12H18N2O2.